The van der Waals surface area contributed by atoms with E-state index in [9.17, 15) is 4.79 Å². The summed E-state index contributed by atoms with van der Waals surface area (Å²) in [6, 6.07) is 7.13. The number of hydrogen-bond acceptors (Lipinski definition) is 4. The molecule has 0 bridgehead atoms. The lowest BCUT2D eigenvalue weighted by molar-refractivity contribution is 0.0526. The fourth-order valence-electron chi connectivity index (χ4n) is 1.60. The topological polar surface area (TPSA) is 52.3 Å². The van der Waals surface area contributed by atoms with Gasteiger partial charge in [0, 0.05) is 12.0 Å². The molecule has 0 atom stereocenters. The molecule has 18 heavy (non-hydrogen) atoms. The van der Waals surface area contributed by atoms with Gasteiger partial charge in [0.2, 0.25) is 0 Å². The summed E-state index contributed by atoms with van der Waals surface area (Å²) >= 11 is 0. The second-order valence-corrected chi connectivity index (χ2v) is 3.78. The second kappa shape index (κ2) is 5.49. The zero-order valence-corrected chi connectivity index (χ0v) is 10.5. The Morgan fingerprint density at radius 2 is 2.00 bits per heavy atom. The molecule has 0 radical (unpaired) electrons. The molecule has 1 heterocycles. The molecule has 0 spiro atoms. The SMILES string of the molecule is CCOC(=O)c1ccc(-c2coc(CC)n2)cc1. The van der Waals surface area contributed by atoms with Crippen LogP contribution in [0.25, 0.3) is 11.3 Å². The first-order valence-electron chi connectivity index (χ1n) is 5.96. The van der Waals surface area contributed by atoms with E-state index in [1.165, 1.54) is 0 Å². The van der Waals surface area contributed by atoms with Crippen molar-refractivity contribution in [1.29, 1.82) is 0 Å². The van der Waals surface area contributed by atoms with Crippen LogP contribution in [-0.2, 0) is 11.2 Å². The average molecular weight is 245 g/mol. The predicted molar refractivity (Wildman–Crippen MR) is 67.3 cm³/mol. The van der Waals surface area contributed by atoms with E-state index >= 15 is 0 Å². The van der Waals surface area contributed by atoms with Crippen LogP contribution in [0.2, 0.25) is 0 Å². The molecular formula is C14H15NO3. The molecule has 0 N–H and O–H groups in total. The summed E-state index contributed by atoms with van der Waals surface area (Å²) in [5.74, 6) is 0.401. The van der Waals surface area contributed by atoms with Crippen LogP contribution in [0.3, 0.4) is 0 Å². The number of ether oxygens (including phenoxy) is 1. The average Bonchev–Trinajstić information content (AvgIpc) is 2.88. The number of carbonyl (C=O) groups excluding carboxylic acids is 1. The van der Waals surface area contributed by atoms with Gasteiger partial charge in [-0.25, -0.2) is 9.78 Å². The normalized spacial score (nSPS) is 10.3. The van der Waals surface area contributed by atoms with Crippen molar-refractivity contribution in [1.82, 2.24) is 4.98 Å². The Morgan fingerprint density at radius 3 is 2.56 bits per heavy atom. The summed E-state index contributed by atoms with van der Waals surface area (Å²) in [6.07, 6.45) is 2.39. The van der Waals surface area contributed by atoms with Crippen molar-refractivity contribution in [3.63, 3.8) is 0 Å². The van der Waals surface area contributed by atoms with Crippen molar-refractivity contribution in [2.45, 2.75) is 20.3 Å². The molecule has 4 nitrogen and oxygen atoms in total. The fourth-order valence-corrected chi connectivity index (χ4v) is 1.60. The number of nitrogens with zero attached hydrogens (tertiary/aromatic N) is 1. The van der Waals surface area contributed by atoms with Crippen LogP contribution >= 0.6 is 0 Å². The Bertz CT molecular complexity index is 528. The maximum atomic E-state index is 11.5. The van der Waals surface area contributed by atoms with Gasteiger partial charge in [-0.05, 0) is 19.1 Å². The van der Waals surface area contributed by atoms with Crippen LogP contribution in [0, 0.1) is 0 Å². The molecule has 0 aliphatic heterocycles. The monoisotopic (exact) mass is 245 g/mol. The van der Waals surface area contributed by atoms with Gasteiger partial charge in [0.05, 0.1) is 12.2 Å². The quantitative estimate of drug-likeness (QED) is 0.777. The van der Waals surface area contributed by atoms with Crippen molar-refractivity contribution in [3.05, 3.63) is 42.0 Å². The Balaban J connectivity index is 2.19. The summed E-state index contributed by atoms with van der Waals surface area (Å²) in [4.78, 5) is 15.8. The number of aromatic nitrogens is 1. The number of aryl methyl sites for hydroxylation is 1. The Kier molecular flexibility index (Phi) is 3.77. The highest BCUT2D eigenvalue weighted by Gasteiger charge is 2.08. The molecule has 0 saturated carbocycles. The van der Waals surface area contributed by atoms with Crippen molar-refractivity contribution in [3.8, 4) is 11.3 Å². The zero-order valence-electron chi connectivity index (χ0n) is 10.5. The molecular weight excluding hydrogens is 230 g/mol. The first kappa shape index (κ1) is 12.4. The van der Waals surface area contributed by atoms with Gasteiger partial charge in [-0.1, -0.05) is 19.1 Å². The number of esters is 1. The first-order chi connectivity index (χ1) is 8.74. The standard InChI is InChI=1S/C14H15NO3/c1-3-13-15-12(9-18-13)10-5-7-11(8-6-10)14(16)17-4-2/h5-9H,3-4H2,1-2H3. The van der Waals surface area contributed by atoms with Crippen LogP contribution in [0.15, 0.2) is 34.9 Å². The van der Waals surface area contributed by atoms with E-state index < -0.39 is 0 Å². The van der Waals surface area contributed by atoms with Gasteiger partial charge in [-0.15, -0.1) is 0 Å². The van der Waals surface area contributed by atoms with Crippen LogP contribution in [0.1, 0.15) is 30.1 Å². The third-order valence-corrected chi connectivity index (χ3v) is 2.55. The highest BCUT2D eigenvalue weighted by atomic mass is 16.5. The minimum Gasteiger partial charge on any atom is -0.462 e. The van der Waals surface area contributed by atoms with Crippen molar-refractivity contribution >= 4 is 5.97 Å². The van der Waals surface area contributed by atoms with Crippen molar-refractivity contribution < 1.29 is 13.9 Å². The summed E-state index contributed by atoms with van der Waals surface area (Å²) in [5, 5.41) is 0. The van der Waals surface area contributed by atoms with Gasteiger partial charge in [0.1, 0.15) is 12.0 Å². The molecule has 0 saturated heterocycles. The highest BCUT2D eigenvalue weighted by Crippen LogP contribution is 2.19. The maximum Gasteiger partial charge on any atom is 0.338 e. The van der Waals surface area contributed by atoms with E-state index in [-0.39, 0.29) is 5.97 Å². The van der Waals surface area contributed by atoms with E-state index in [4.69, 9.17) is 9.15 Å². The van der Waals surface area contributed by atoms with Gasteiger partial charge in [-0.2, -0.15) is 0 Å². The lowest BCUT2D eigenvalue weighted by atomic mass is 10.1. The van der Waals surface area contributed by atoms with Crippen LogP contribution < -0.4 is 0 Å². The van der Waals surface area contributed by atoms with Crippen LogP contribution in [-0.4, -0.2) is 17.6 Å². The first-order valence-corrected chi connectivity index (χ1v) is 5.96. The van der Waals surface area contributed by atoms with Crippen LogP contribution in [0.4, 0.5) is 0 Å². The van der Waals surface area contributed by atoms with Gasteiger partial charge >= 0.3 is 5.97 Å². The van der Waals surface area contributed by atoms with Gasteiger partial charge < -0.3 is 9.15 Å². The molecule has 1 aromatic heterocycles. The largest absolute Gasteiger partial charge is 0.462 e. The van der Waals surface area contributed by atoms with E-state index in [2.05, 4.69) is 4.98 Å². The lowest BCUT2D eigenvalue weighted by Gasteiger charge is -2.02. The third kappa shape index (κ3) is 2.59. The van der Waals surface area contributed by atoms with E-state index in [0.29, 0.717) is 18.1 Å². The minimum atomic E-state index is -0.307. The number of carbonyl (C=O) groups is 1. The predicted octanol–water partition coefficient (Wildman–Crippen LogP) is 3.08. The van der Waals surface area contributed by atoms with Crippen molar-refractivity contribution in [2.75, 3.05) is 6.61 Å². The molecule has 0 amide bonds. The fraction of sp³-hybridized carbons (Fsp3) is 0.286. The molecule has 2 aromatic rings. The van der Waals surface area contributed by atoms with E-state index in [0.717, 1.165) is 17.7 Å². The molecule has 0 fully saturated rings. The number of hydrogen-bond donors (Lipinski definition) is 0. The second-order valence-electron chi connectivity index (χ2n) is 3.78. The Morgan fingerprint density at radius 1 is 1.28 bits per heavy atom. The highest BCUT2D eigenvalue weighted by molar-refractivity contribution is 5.89. The Labute approximate surface area is 106 Å². The van der Waals surface area contributed by atoms with E-state index in [1.54, 1.807) is 25.3 Å². The number of rotatable bonds is 4. The summed E-state index contributed by atoms with van der Waals surface area (Å²) < 4.78 is 10.2. The van der Waals surface area contributed by atoms with Gasteiger partial charge in [0.25, 0.3) is 0 Å². The zero-order chi connectivity index (χ0) is 13.0. The van der Waals surface area contributed by atoms with Crippen molar-refractivity contribution in [2.24, 2.45) is 0 Å². The molecule has 0 unspecified atom stereocenters. The minimum absolute atomic E-state index is 0.307. The van der Waals surface area contributed by atoms with Crippen LogP contribution in [0.5, 0.6) is 0 Å². The molecule has 4 heteroatoms. The third-order valence-electron chi connectivity index (χ3n) is 2.55. The summed E-state index contributed by atoms with van der Waals surface area (Å²) in [7, 11) is 0. The Hall–Kier alpha value is -2.10. The van der Waals surface area contributed by atoms with Gasteiger partial charge in [0.15, 0.2) is 5.89 Å². The number of benzene rings is 1. The molecule has 0 aliphatic carbocycles. The lowest BCUT2D eigenvalue weighted by Crippen LogP contribution is -2.03. The molecule has 0 aliphatic rings. The number of oxazole rings is 1. The maximum absolute atomic E-state index is 11.5. The van der Waals surface area contributed by atoms with Gasteiger partial charge in [-0.3, -0.25) is 0 Å². The summed E-state index contributed by atoms with van der Waals surface area (Å²) in [5.41, 5.74) is 2.24. The molecule has 2 rings (SSSR count). The summed E-state index contributed by atoms with van der Waals surface area (Å²) in [6.45, 7) is 4.15. The van der Waals surface area contributed by atoms with E-state index in [1.807, 2.05) is 19.1 Å². The molecule has 94 valence electrons. The smallest absolute Gasteiger partial charge is 0.338 e. The molecule has 1 aromatic carbocycles.